The fourth-order valence-corrected chi connectivity index (χ4v) is 4.23. The zero-order valence-electron chi connectivity index (χ0n) is 19.3. The first kappa shape index (κ1) is 24.5. The molecule has 0 spiro atoms. The number of nitrogens with zero attached hydrogens (tertiary/aromatic N) is 6. The topological polar surface area (TPSA) is 118 Å². The van der Waals surface area contributed by atoms with Crippen molar-refractivity contribution in [1.29, 1.82) is 0 Å². The molecule has 0 saturated heterocycles. The lowest BCUT2D eigenvalue weighted by atomic mass is 10.1. The summed E-state index contributed by atoms with van der Waals surface area (Å²) in [4.78, 5) is 28.8. The predicted octanol–water partition coefficient (Wildman–Crippen LogP) is 1.70. The van der Waals surface area contributed by atoms with E-state index in [1.807, 2.05) is 0 Å². The highest BCUT2D eigenvalue weighted by molar-refractivity contribution is 5.92. The standard InChI is InChI=1S/C22H21F4N7O4/c23-15-10-14(1-2-19(15)37-22(24,25)26)36-12-20(34)31-5-3-13-9-17(29-33(13)8-7-31)21(35)32-6-4-16-18(11-32)28-30-27-16/h1-2,9-10H,3-8,11-12H2,(H,27,28,30). The van der Waals surface area contributed by atoms with Gasteiger partial charge >= 0.3 is 6.36 Å². The number of benzene rings is 1. The van der Waals surface area contributed by atoms with Crippen LogP contribution in [0.5, 0.6) is 11.5 Å². The Labute approximate surface area is 206 Å². The first-order chi connectivity index (χ1) is 17.7. The molecule has 37 heavy (non-hydrogen) atoms. The molecule has 15 heteroatoms. The number of ether oxygens (including phenoxy) is 2. The molecule has 0 saturated carbocycles. The Morgan fingerprint density at radius 1 is 1.00 bits per heavy atom. The normalized spacial score (nSPS) is 15.6. The van der Waals surface area contributed by atoms with Crippen LogP contribution in [0.15, 0.2) is 24.3 Å². The van der Waals surface area contributed by atoms with E-state index in [1.165, 1.54) is 0 Å². The molecule has 4 heterocycles. The number of carbonyl (C=O) groups excluding carboxylic acids is 2. The number of amides is 2. The lowest BCUT2D eigenvalue weighted by molar-refractivity contribution is -0.275. The van der Waals surface area contributed by atoms with Crippen molar-refractivity contribution in [3.63, 3.8) is 0 Å². The van der Waals surface area contributed by atoms with Crippen LogP contribution in [-0.2, 0) is 30.7 Å². The molecule has 5 rings (SSSR count). The SMILES string of the molecule is O=C(COc1ccc(OC(F)(F)F)c(F)c1)N1CCc2cc(C(=O)N3CCc4n[nH]nc4C3)nn2CC1. The summed E-state index contributed by atoms with van der Waals surface area (Å²) in [5.74, 6) is -2.95. The van der Waals surface area contributed by atoms with Gasteiger partial charge in [-0.3, -0.25) is 14.3 Å². The molecule has 3 aromatic rings. The van der Waals surface area contributed by atoms with E-state index in [4.69, 9.17) is 4.74 Å². The number of aromatic nitrogens is 5. The minimum absolute atomic E-state index is 0.110. The van der Waals surface area contributed by atoms with Crippen molar-refractivity contribution < 1.29 is 36.6 Å². The summed E-state index contributed by atoms with van der Waals surface area (Å²) in [6.45, 7) is 1.47. The van der Waals surface area contributed by atoms with Crippen LogP contribution in [0.3, 0.4) is 0 Å². The number of rotatable bonds is 5. The number of H-pyrrole nitrogens is 1. The van der Waals surface area contributed by atoms with E-state index in [-0.39, 0.29) is 17.6 Å². The number of nitrogens with one attached hydrogen (secondary N) is 1. The molecule has 0 aliphatic carbocycles. The Morgan fingerprint density at radius 3 is 2.57 bits per heavy atom. The third kappa shape index (κ3) is 5.49. The molecule has 11 nitrogen and oxygen atoms in total. The van der Waals surface area contributed by atoms with Gasteiger partial charge in [-0.15, -0.1) is 13.2 Å². The lowest BCUT2D eigenvalue weighted by Crippen LogP contribution is -2.37. The van der Waals surface area contributed by atoms with Gasteiger partial charge in [-0.25, -0.2) is 4.39 Å². The molecule has 0 atom stereocenters. The van der Waals surface area contributed by atoms with Gasteiger partial charge in [0.05, 0.1) is 18.8 Å². The van der Waals surface area contributed by atoms with E-state index in [1.54, 1.807) is 20.5 Å². The van der Waals surface area contributed by atoms with Crippen LogP contribution in [0.1, 0.15) is 27.6 Å². The molecule has 2 aliphatic rings. The molecule has 2 amide bonds. The van der Waals surface area contributed by atoms with Crippen molar-refractivity contribution in [2.24, 2.45) is 0 Å². The van der Waals surface area contributed by atoms with Crippen molar-refractivity contribution in [1.82, 2.24) is 35.0 Å². The summed E-state index contributed by atoms with van der Waals surface area (Å²) in [7, 11) is 0. The number of halogens is 4. The van der Waals surface area contributed by atoms with E-state index in [0.717, 1.165) is 35.3 Å². The van der Waals surface area contributed by atoms with E-state index in [0.29, 0.717) is 51.3 Å². The maximum absolute atomic E-state index is 13.8. The van der Waals surface area contributed by atoms with Crippen LogP contribution in [0.2, 0.25) is 0 Å². The summed E-state index contributed by atoms with van der Waals surface area (Å²) >= 11 is 0. The quantitative estimate of drug-likeness (QED) is 0.506. The van der Waals surface area contributed by atoms with E-state index >= 15 is 0 Å². The van der Waals surface area contributed by atoms with Gasteiger partial charge < -0.3 is 19.3 Å². The second-order valence-electron chi connectivity index (χ2n) is 8.50. The van der Waals surface area contributed by atoms with Crippen LogP contribution in [0.4, 0.5) is 17.6 Å². The molecule has 0 radical (unpaired) electrons. The first-order valence-corrected chi connectivity index (χ1v) is 11.4. The number of aromatic amines is 1. The summed E-state index contributed by atoms with van der Waals surface area (Å²) in [5.41, 5.74) is 2.73. The zero-order chi connectivity index (χ0) is 26.2. The highest BCUT2D eigenvalue weighted by Crippen LogP contribution is 2.28. The molecule has 0 fully saturated rings. The third-order valence-corrected chi connectivity index (χ3v) is 6.10. The molecule has 2 aromatic heterocycles. The van der Waals surface area contributed by atoms with Crippen LogP contribution in [-0.4, -0.2) is 79.4 Å². The number of hydrogen-bond acceptors (Lipinski definition) is 7. The van der Waals surface area contributed by atoms with Crippen molar-refractivity contribution in [2.45, 2.75) is 32.3 Å². The average molecular weight is 523 g/mol. The van der Waals surface area contributed by atoms with Gasteiger partial charge in [-0.05, 0) is 18.2 Å². The Bertz CT molecular complexity index is 1300. The van der Waals surface area contributed by atoms with Crippen LogP contribution in [0.25, 0.3) is 0 Å². The van der Waals surface area contributed by atoms with Gasteiger partial charge in [0, 0.05) is 44.2 Å². The van der Waals surface area contributed by atoms with Crippen LogP contribution in [0, 0.1) is 5.82 Å². The van der Waals surface area contributed by atoms with E-state index in [2.05, 4.69) is 25.2 Å². The monoisotopic (exact) mass is 523 g/mol. The molecule has 2 aliphatic heterocycles. The highest BCUT2D eigenvalue weighted by atomic mass is 19.4. The van der Waals surface area contributed by atoms with Crippen molar-refractivity contribution in [2.75, 3.05) is 26.2 Å². The zero-order valence-corrected chi connectivity index (χ0v) is 19.3. The van der Waals surface area contributed by atoms with Gasteiger partial charge in [0.2, 0.25) is 0 Å². The van der Waals surface area contributed by atoms with E-state index in [9.17, 15) is 27.2 Å². The molecular formula is C22H21F4N7O4. The molecular weight excluding hydrogens is 502 g/mol. The number of carbonyl (C=O) groups is 2. The summed E-state index contributed by atoms with van der Waals surface area (Å²) < 4.78 is 61.2. The number of alkyl halides is 3. The molecule has 0 unspecified atom stereocenters. The Morgan fingerprint density at radius 2 is 1.78 bits per heavy atom. The minimum Gasteiger partial charge on any atom is -0.484 e. The Hall–Kier alpha value is -4.17. The molecule has 1 N–H and O–H groups in total. The Kier molecular flexibility index (Phi) is 6.43. The maximum atomic E-state index is 13.8. The number of fused-ring (bicyclic) bond motifs is 2. The Balaban J connectivity index is 1.14. The molecule has 0 bridgehead atoms. The maximum Gasteiger partial charge on any atom is 0.573 e. The van der Waals surface area contributed by atoms with Crippen molar-refractivity contribution in [3.8, 4) is 11.5 Å². The van der Waals surface area contributed by atoms with Gasteiger partial charge in [0.1, 0.15) is 11.4 Å². The second-order valence-corrected chi connectivity index (χ2v) is 8.50. The largest absolute Gasteiger partial charge is 0.573 e. The van der Waals surface area contributed by atoms with Crippen LogP contribution < -0.4 is 9.47 Å². The third-order valence-electron chi connectivity index (χ3n) is 6.10. The predicted molar refractivity (Wildman–Crippen MR) is 116 cm³/mol. The number of hydrogen-bond donors (Lipinski definition) is 1. The van der Waals surface area contributed by atoms with Crippen molar-refractivity contribution >= 4 is 11.8 Å². The average Bonchev–Trinajstić information content (AvgIpc) is 3.44. The van der Waals surface area contributed by atoms with Gasteiger partial charge in [-0.1, -0.05) is 0 Å². The lowest BCUT2D eigenvalue weighted by Gasteiger charge is -2.24. The smallest absolute Gasteiger partial charge is 0.484 e. The highest BCUT2D eigenvalue weighted by Gasteiger charge is 2.32. The fraction of sp³-hybridized carbons (Fsp3) is 0.409. The summed E-state index contributed by atoms with van der Waals surface area (Å²) in [5, 5.41) is 15.1. The fourth-order valence-electron chi connectivity index (χ4n) is 4.23. The van der Waals surface area contributed by atoms with E-state index < -0.39 is 24.5 Å². The summed E-state index contributed by atoms with van der Waals surface area (Å²) in [6.07, 6.45) is -3.96. The van der Waals surface area contributed by atoms with Gasteiger partial charge in [0.25, 0.3) is 11.8 Å². The van der Waals surface area contributed by atoms with Crippen molar-refractivity contribution in [3.05, 3.63) is 52.9 Å². The van der Waals surface area contributed by atoms with Crippen LogP contribution >= 0.6 is 0 Å². The molecule has 1 aromatic carbocycles. The molecule has 196 valence electrons. The first-order valence-electron chi connectivity index (χ1n) is 11.4. The second kappa shape index (κ2) is 9.71. The van der Waals surface area contributed by atoms with Gasteiger partial charge in [0.15, 0.2) is 23.9 Å². The summed E-state index contributed by atoms with van der Waals surface area (Å²) in [6, 6.07) is 4.30. The minimum atomic E-state index is -5.02. The van der Waals surface area contributed by atoms with Gasteiger partial charge in [-0.2, -0.15) is 20.5 Å².